The molecule has 0 saturated carbocycles. The van der Waals surface area contributed by atoms with Crippen LogP contribution in [0.5, 0.6) is 5.75 Å². The van der Waals surface area contributed by atoms with E-state index in [2.05, 4.69) is 24.1 Å². The molecule has 0 aliphatic rings. The highest BCUT2D eigenvalue weighted by Crippen LogP contribution is 2.28. The smallest absolute Gasteiger partial charge is 0.255 e. The maximum Gasteiger partial charge on any atom is 0.255 e. The van der Waals surface area contributed by atoms with Crippen LogP contribution in [0.1, 0.15) is 24.2 Å². The molecule has 0 bridgehead atoms. The molecular formula is C14H22ClN3O2. The Morgan fingerprint density at radius 3 is 2.60 bits per heavy atom. The fourth-order valence-corrected chi connectivity index (χ4v) is 2.04. The Balaban J connectivity index is 2.70. The number of anilines is 1. The van der Waals surface area contributed by atoms with E-state index in [-0.39, 0.29) is 5.91 Å². The van der Waals surface area contributed by atoms with Crippen molar-refractivity contribution >= 4 is 23.2 Å². The number of methoxy groups -OCH3 is 1. The Morgan fingerprint density at radius 1 is 1.40 bits per heavy atom. The Hall–Kier alpha value is -1.46. The number of ether oxygens (including phenoxy) is 1. The molecule has 1 rings (SSSR count). The minimum absolute atomic E-state index is 0.212. The number of hydrogen-bond acceptors (Lipinski definition) is 4. The molecule has 0 atom stereocenters. The molecule has 112 valence electrons. The number of amides is 1. The van der Waals surface area contributed by atoms with E-state index < -0.39 is 0 Å². The summed E-state index contributed by atoms with van der Waals surface area (Å²) in [6, 6.07) is 3.09. The second kappa shape index (κ2) is 7.97. The molecule has 3 N–H and O–H groups in total. The molecule has 6 heteroatoms. The van der Waals surface area contributed by atoms with Crippen LogP contribution in [-0.4, -0.2) is 44.1 Å². The predicted octanol–water partition coefficient (Wildman–Crippen LogP) is 2.00. The average molecular weight is 306 g/mol. The molecule has 0 unspecified atom stereocenters. The number of hydrogen-bond donors (Lipinski definition) is 2. The maximum absolute atomic E-state index is 12.1. The first-order chi connectivity index (χ1) is 9.53. The zero-order valence-corrected chi connectivity index (χ0v) is 13.0. The molecule has 0 aliphatic heterocycles. The van der Waals surface area contributed by atoms with Gasteiger partial charge in [0.1, 0.15) is 5.75 Å². The Bertz CT molecular complexity index is 462. The summed E-state index contributed by atoms with van der Waals surface area (Å²) in [4.78, 5) is 14.4. The second-order valence-electron chi connectivity index (χ2n) is 4.36. The molecule has 0 fully saturated rings. The lowest BCUT2D eigenvalue weighted by molar-refractivity contribution is 0.0946. The zero-order valence-electron chi connectivity index (χ0n) is 12.2. The molecule has 5 nitrogen and oxygen atoms in total. The minimum Gasteiger partial charge on any atom is -0.496 e. The van der Waals surface area contributed by atoms with E-state index in [1.807, 2.05) is 0 Å². The number of likely N-dealkylation sites (N-methyl/N-ethyl adjacent to an activating group) is 1. The number of benzene rings is 1. The van der Waals surface area contributed by atoms with Gasteiger partial charge in [-0.05, 0) is 19.2 Å². The first kappa shape index (κ1) is 16.6. The summed E-state index contributed by atoms with van der Waals surface area (Å²) in [5.41, 5.74) is 6.48. The van der Waals surface area contributed by atoms with Crippen molar-refractivity contribution in [1.29, 1.82) is 0 Å². The van der Waals surface area contributed by atoms with E-state index in [1.54, 1.807) is 6.07 Å². The van der Waals surface area contributed by atoms with Gasteiger partial charge in [0.15, 0.2) is 0 Å². The number of carbonyl (C=O) groups excluding carboxylic acids is 1. The summed E-state index contributed by atoms with van der Waals surface area (Å²) in [5.74, 6) is 0.211. The van der Waals surface area contributed by atoms with Crippen molar-refractivity contribution in [3.8, 4) is 5.75 Å². The molecule has 0 heterocycles. The van der Waals surface area contributed by atoms with Crippen LogP contribution >= 0.6 is 11.6 Å². The van der Waals surface area contributed by atoms with Crippen molar-refractivity contribution in [2.24, 2.45) is 0 Å². The van der Waals surface area contributed by atoms with Crippen molar-refractivity contribution in [3.63, 3.8) is 0 Å². The summed E-state index contributed by atoms with van der Waals surface area (Å²) in [5, 5.41) is 3.21. The third-order valence-electron chi connectivity index (χ3n) is 3.17. The van der Waals surface area contributed by atoms with Gasteiger partial charge in [0.05, 0.1) is 23.4 Å². The van der Waals surface area contributed by atoms with Gasteiger partial charge < -0.3 is 20.7 Å². The molecule has 1 amide bonds. The fourth-order valence-electron chi connectivity index (χ4n) is 1.88. The number of halogens is 1. The van der Waals surface area contributed by atoms with E-state index in [0.29, 0.717) is 28.6 Å². The molecule has 1 aromatic rings. The van der Waals surface area contributed by atoms with Gasteiger partial charge in [0, 0.05) is 19.2 Å². The highest BCUT2D eigenvalue weighted by atomic mass is 35.5. The number of carbonyl (C=O) groups is 1. The maximum atomic E-state index is 12.1. The number of nitrogens with one attached hydrogen (secondary N) is 1. The zero-order chi connectivity index (χ0) is 15.1. The summed E-state index contributed by atoms with van der Waals surface area (Å²) in [6.07, 6.45) is 0. The summed E-state index contributed by atoms with van der Waals surface area (Å²) >= 11 is 5.95. The number of nitrogens with two attached hydrogens (primary N) is 1. The normalized spacial score (nSPS) is 10.7. The Kier molecular flexibility index (Phi) is 6.61. The Labute approximate surface area is 125 Å². The molecule has 0 aromatic heterocycles. The first-order valence-corrected chi connectivity index (χ1v) is 7.04. The van der Waals surface area contributed by atoms with E-state index in [1.165, 1.54) is 13.2 Å². The number of rotatable bonds is 7. The van der Waals surface area contributed by atoms with E-state index >= 15 is 0 Å². The highest BCUT2D eigenvalue weighted by Gasteiger charge is 2.14. The minimum atomic E-state index is -0.212. The molecule has 1 aromatic carbocycles. The topological polar surface area (TPSA) is 67.6 Å². The van der Waals surface area contributed by atoms with Crippen LogP contribution < -0.4 is 15.8 Å². The van der Waals surface area contributed by atoms with Crippen molar-refractivity contribution in [1.82, 2.24) is 10.2 Å². The molecule has 20 heavy (non-hydrogen) atoms. The quantitative estimate of drug-likeness (QED) is 0.597. The number of nitrogen functional groups attached to an aromatic ring is 1. The van der Waals surface area contributed by atoms with Gasteiger partial charge in [-0.15, -0.1) is 0 Å². The highest BCUT2D eigenvalue weighted by molar-refractivity contribution is 6.33. The van der Waals surface area contributed by atoms with Gasteiger partial charge in [-0.2, -0.15) is 0 Å². The summed E-state index contributed by atoms with van der Waals surface area (Å²) < 4.78 is 5.16. The van der Waals surface area contributed by atoms with Crippen LogP contribution in [0.3, 0.4) is 0 Å². The summed E-state index contributed by atoms with van der Waals surface area (Å²) in [6.45, 7) is 7.49. The largest absolute Gasteiger partial charge is 0.496 e. The lowest BCUT2D eigenvalue weighted by atomic mass is 10.1. The van der Waals surface area contributed by atoms with E-state index in [0.717, 1.165) is 19.6 Å². The van der Waals surface area contributed by atoms with Crippen molar-refractivity contribution in [3.05, 3.63) is 22.7 Å². The van der Waals surface area contributed by atoms with Crippen LogP contribution in [0.2, 0.25) is 5.02 Å². The van der Waals surface area contributed by atoms with Gasteiger partial charge in [0.2, 0.25) is 0 Å². The molecule has 0 radical (unpaired) electrons. The first-order valence-electron chi connectivity index (χ1n) is 6.67. The lowest BCUT2D eigenvalue weighted by Gasteiger charge is -2.18. The van der Waals surface area contributed by atoms with Crippen LogP contribution in [0.25, 0.3) is 0 Å². The summed E-state index contributed by atoms with van der Waals surface area (Å²) in [7, 11) is 1.50. The SMILES string of the molecule is COc1cc(N)c(Cl)cc1C(=O)N[13CH2][13CH2]N([13CH2][13CH3])[13CH2][13CH3]. The fraction of sp³-hybridized carbons (Fsp3) is 0.500. The average Bonchev–Trinajstić information content (AvgIpc) is 2.45. The van der Waals surface area contributed by atoms with Gasteiger partial charge >= 0.3 is 0 Å². The molecule has 0 saturated heterocycles. The van der Waals surface area contributed by atoms with E-state index in [4.69, 9.17) is 22.1 Å². The van der Waals surface area contributed by atoms with Crippen LogP contribution in [0.15, 0.2) is 12.1 Å². The molecule has 0 spiro atoms. The van der Waals surface area contributed by atoms with Gasteiger partial charge in [-0.1, -0.05) is 25.4 Å². The molecular weight excluding hydrogens is 284 g/mol. The molecule has 0 aliphatic carbocycles. The third kappa shape index (κ3) is 4.28. The van der Waals surface area contributed by atoms with Crippen molar-refractivity contribution < 1.29 is 9.53 Å². The van der Waals surface area contributed by atoms with E-state index in [9.17, 15) is 4.79 Å². The van der Waals surface area contributed by atoms with Crippen molar-refractivity contribution in [2.45, 2.75) is 13.8 Å². The van der Waals surface area contributed by atoms with Crippen molar-refractivity contribution in [2.75, 3.05) is 39.0 Å². The lowest BCUT2D eigenvalue weighted by Crippen LogP contribution is -2.34. The second-order valence-corrected chi connectivity index (χ2v) is 4.76. The van der Waals surface area contributed by atoms with Gasteiger partial charge in [-0.25, -0.2) is 0 Å². The standard InChI is InChI=1S/C14H22ClN3O2/c1-4-18(5-2)7-6-17-14(19)10-8-11(15)12(16)9-13(10)20-3/h8-9H,4-7,16H2,1-3H3,(H,17,19)/i1+1,2+1,4+1,5+1,6+1,7+1. The Morgan fingerprint density at radius 2 is 2.05 bits per heavy atom. The third-order valence-corrected chi connectivity index (χ3v) is 3.50. The number of nitrogens with zero attached hydrogens (tertiary/aromatic N) is 1. The monoisotopic (exact) mass is 305 g/mol. The van der Waals surface area contributed by atoms with Gasteiger partial charge in [0.25, 0.3) is 5.91 Å². The predicted molar refractivity (Wildman–Crippen MR) is 82.5 cm³/mol. The van der Waals surface area contributed by atoms with Crippen LogP contribution in [0, 0.1) is 0 Å². The van der Waals surface area contributed by atoms with Gasteiger partial charge in [-0.3, -0.25) is 4.79 Å². The van der Waals surface area contributed by atoms with Crippen LogP contribution in [-0.2, 0) is 0 Å². The van der Waals surface area contributed by atoms with Crippen LogP contribution in [0.4, 0.5) is 5.69 Å².